The van der Waals surface area contributed by atoms with E-state index in [9.17, 15) is 18.0 Å². The lowest BCUT2D eigenvalue weighted by molar-refractivity contribution is -0.118. The molecule has 2 nitrogen and oxygen atoms in total. The van der Waals surface area contributed by atoms with Crippen molar-refractivity contribution in [2.24, 2.45) is 0 Å². The standard InChI is InChI=1S/C5H7BrF3NOS/c6-3-4(11)10-1-2-12-5(7,8)9/h1-3H2,(H,10,11). The van der Waals surface area contributed by atoms with Gasteiger partial charge in [-0.1, -0.05) is 15.9 Å². The maximum absolute atomic E-state index is 11.5. The van der Waals surface area contributed by atoms with Gasteiger partial charge in [-0.2, -0.15) is 13.2 Å². The summed E-state index contributed by atoms with van der Waals surface area (Å²) in [7, 11) is 0. The first-order chi connectivity index (χ1) is 5.45. The molecule has 0 atom stereocenters. The van der Waals surface area contributed by atoms with Crippen LogP contribution < -0.4 is 5.32 Å². The van der Waals surface area contributed by atoms with Crippen molar-refractivity contribution in [3.63, 3.8) is 0 Å². The van der Waals surface area contributed by atoms with Crippen molar-refractivity contribution in [3.8, 4) is 0 Å². The minimum atomic E-state index is -4.21. The summed E-state index contributed by atoms with van der Waals surface area (Å²) < 4.78 is 34.5. The average Bonchev–Trinajstić information content (AvgIpc) is 1.96. The van der Waals surface area contributed by atoms with Crippen LogP contribution in [0.5, 0.6) is 0 Å². The molecule has 0 fully saturated rings. The molecule has 0 aromatic rings. The SMILES string of the molecule is O=C(CBr)NCCSC(F)(F)F. The Morgan fingerprint density at radius 1 is 1.50 bits per heavy atom. The number of halogens is 4. The summed E-state index contributed by atoms with van der Waals surface area (Å²) in [6, 6.07) is 0. The fourth-order valence-corrected chi connectivity index (χ4v) is 1.04. The van der Waals surface area contributed by atoms with Gasteiger partial charge in [-0.3, -0.25) is 4.79 Å². The topological polar surface area (TPSA) is 29.1 Å². The third kappa shape index (κ3) is 8.19. The summed E-state index contributed by atoms with van der Waals surface area (Å²) in [5.41, 5.74) is -4.21. The van der Waals surface area contributed by atoms with Gasteiger partial charge in [0.25, 0.3) is 0 Å². The summed E-state index contributed by atoms with van der Waals surface area (Å²) in [5.74, 6) is -0.458. The number of nitrogens with one attached hydrogen (secondary N) is 1. The summed E-state index contributed by atoms with van der Waals surface area (Å²) in [5, 5.41) is 2.41. The number of amides is 1. The Labute approximate surface area is 80.4 Å². The smallest absolute Gasteiger partial charge is 0.355 e. The second-order valence-corrected chi connectivity index (χ2v) is 3.50. The highest BCUT2D eigenvalue weighted by Gasteiger charge is 2.27. The molecule has 0 aromatic carbocycles. The zero-order chi connectivity index (χ0) is 9.61. The van der Waals surface area contributed by atoms with Gasteiger partial charge in [0.2, 0.25) is 5.91 Å². The molecule has 72 valence electrons. The average molecular weight is 266 g/mol. The number of thioether (sulfide) groups is 1. The highest BCUT2D eigenvalue weighted by molar-refractivity contribution is 9.09. The molecule has 0 saturated carbocycles. The quantitative estimate of drug-likeness (QED) is 0.620. The van der Waals surface area contributed by atoms with Crippen molar-refractivity contribution in [1.29, 1.82) is 0 Å². The minimum Gasteiger partial charge on any atom is -0.355 e. The zero-order valence-corrected chi connectivity index (χ0v) is 8.35. The van der Waals surface area contributed by atoms with Crippen molar-refractivity contribution in [1.82, 2.24) is 5.32 Å². The van der Waals surface area contributed by atoms with Crippen LogP contribution in [0.1, 0.15) is 0 Å². The summed E-state index contributed by atoms with van der Waals surface area (Å²) >= 11 is 2.72. The first-order valence-electron chi connectivity index (χ1n) is 2.99. The summed E-state index contributed by atoms with van der Waals surface area (Å²) in [4.78, 5) is 10.5. The van der Waals surface area contributed by atoms with Crippen LogP contribution in [0.3, 0.4) is 0 Å². The Hall–Kier alpha value is 0.0900. The van der Waals surface area contributed by atoms with E-state index in [1.807, 2.05) is 0 Å². The molecule has 0 heterocycles. The molecule has 0 unspecified atom stereocenters. The van der Waals surface area contributed by atoms with Crippen LogP contribution in [0.2, 0.25) is 0 Å². The van der Waals surface area contributed by atoms with Crippen molar-refractivity contribution in [3.05, 3.63) is 0 Å². The van der Waals surface area contributed by atoms with Crippen LogP contribution >= 0.6 is 27.7 Å². The van der Waals surface area contributed by atoms with Crippen LogP contribution in [0.15, 0.2) is 0 Å². The molecule has 0 saturated heterocycles. The largest absolute Gasteiger partial charge is 0.441 e. The van der Waals surface area contributed by atoms with Gasteiger partial charge in [0, 0.05) is 12.3 Å². The Morgan fingerprint density at radius 2 is 2.08 bits per heavy atom. The van der Waals surface area contributed by atoms with Crippen LogP contribution in [0.4, 0.5) is 13.2 Å². The number of carbonyl (C=O) groups is 1. The summed E-state index contributed by atoms with van der Waals surface area (Å²) in [6.07, 6.45) is 0. The first-order valence-corrected chi connectivity index (χ1v) is 5.10. The van der Waals surface area contributed by atoms with Gasteiger partial charge in [-0.05, 0) is 11.8 Å². The number of rotatable bonds is 4. The maximum Gasteiger partial charge on any atom is 0.441 e. The molecule has 0 spiro atoms. The fourth-order valence-electron chi connectivity index (χ4n) is 0.404. The molecule has 1 N–H and O–H groups in total. The molecule has 0 aliphatic rings. The molecule has 0 rings (SSSR count). The maximum atomic E-state index is 11.5. The lowest BCUT2D eigenvalue weighted by Crippen LogP contribution is -2.27. The number of hydrogen-bond acceptors (Lipinski definition) is 2. The van der Waals surface area contributed by atoms with E-state index < -0.39 is 5.51 Å². The lowest BCUT2D eigenvalue weighted by atomic mass is 10.6. The Bertz CT molecular complexity index is 152. The van der Waals surface area contributed by atoms with Crippen LogP contribution in [-0.4, -0.2) is 29.0 Å². The number of hydrogen-bond donors (Lipinski definition) is 1. The van der Waals surface area contributed by atoms with E-state index in [0.29, 0.717) is 0 Å². The third-order valence-corrected chi connectivity index (χ3v) is 2.06. The fraction of sp³-hybridized carbons (Fsp3) is 0.800. The van der Waals surface area contributed by atoms with Gasteiger partial charge in [0.05, 0.1) is 5.33 Å². The Balaban J connectivity index is 3.28. The minimum absolute atomic E-state index is 0.0363. The van der Waals surface area contributed by atoms with E-state index in [1.54, 1.807) is 0 Å². The van der Waals surface area contributed by atoms with Gasteiger partial charge in [-0.15, -0.1) is 0 Å². The van der Waals surface area contributed by atoms with Crippen LogP contribution in [-0.2, 0) is 4.79 Å². The van der Waals surface area contributed by atoms with E-state index >= 15 is 0 Å². The van der Waals surface area contributed by atoms with Crippen LogP contribution in [0.25, 0.3) is 0 Å². The number of alkyl halides is 4. The van der Waals surface area contributed by atoms with Crippen LogP contribution in [0, 0.1) is 0 Å². The molecule has 0 aromatic heterocycles. The molecular formula is C5H7BrF3NOS. The lowest BCUT2D eigenvalue weighted by Gasteiger charge is -2.05. The molecule has 0 radical (unpaired) electrons. The van der Waals surface area contributed by atoms with Gasteiger partial charge in [0.1, 0.15) is 0 Å². The predicted octanol–water partition coefficient (Wildman–Crippen LogP) is 1.75. The Morgan fingerprint density at radius 3 is 2.50 bits per heavy atom. The van der Waals surface area contributed by atoms with E-state index in [1.165, 1.54) is 0 Å². The van der Waals surface area contributed by atoms with Crippen molar-refractivity contribution in [2.45, 2.75) is 5.51 Å². The molecule has 12 heavy (non-hydrogen) atoms. The first kappa shape index (κ1) is 12.1. The molecule has 1 amide bonds. The zero-order valence-electron chi connectivity index (χ0n) is 5.95. The van der Waals surface area contributed by atoms with Gasteiger partial charge in [0.15, 0.2) is 0 Å². The van der Waals surface area contributed by atoms with Crippen molar-refractivity contribution >= 4 is 33.6 Å². The third-order valence-electron chi connectivity index (χ3n) is 0.811. The monoisotopic (exact) mass is 265 g/mol. The van der Waals surface area contributed by atoms with E-state index in [2.05, 4.69) is 21.2 Å². The van der Waals surface area contributed by atoms with Gasteiger partial charge in [-0.25, -0.2) is 0 Å². The van der Waals surface area contributed by atoms with Gasteiger partial charge < -0.3 is 5.32 Å². The van der Waals surface area contributed by atoms with E-state index in [0.717, 1.165) is 0 Å². The highest BCUT2D eigenvalue weighted by atomic mass is 79.9. The van der Waals surface area contributed by atoms with Gasteiger partial charge >= 0.3 is 5.51 Å². The second-order valence-electron chi connectivity index (χ2n) is 1.78. The predicted molar refractivity (Wildman–Crippen MR) is 45.3 cm³/mol. The number of carbonyl (C=O) groups excluding carboxylic acids is 1. The van der Waals surface area contributed by atoms with E-state index in [4.69, 9.17) is 0 Å². The normalized spacial score (nSPS) is 11.3. The molecule has 0 aliphatic heterocycles. The van der Waals surface area contributed by atoms with E-state index in [-0.39, 0.29) is 35.3 Å². The summed E-state index contributed by atoms with van der Waals surface area (Å²) in [6.45, 7) is 0.0363. The van der Waals surface area contributed by atoms with Crippen molar-refractivity contribution < 1.29 is 18.0 Å². The van der Waals surface area contributed by atoms with Crippen molar-refractivity contribution in [2.75, 3.05) is 17.6 Å². The Kier molecular flexibility index (Phi) is 5.73. The molecule has 0 aliphatic carbocycles. The molecule has 0 bridgehead atoms. The molecular weight excluding hydrogens is 259 g/mol. The second kappa shape index (κ2) is 5.69. The highest BCUT2D eigenvalue weighted by Crippen LogP contribution is 2.29. The molecule has 7 heteroatoms.